The third kappa shape index (κ3) is 2.44. The molecule has 0 saturated heterocycles. The highest BCUT2D eigenvalue weighted by atomic mass is 16.5. The van der Waals surface area contributed by atoms with E-state index in [9.17, 15) is 9.59 Å². The molecule has 0 fully saturated rings. The van der Waals surface area contributed by atoms with Gasteiger partial charge in [0.1, 0.15) is 12.9 Å². The normalized spacial score (nSPS) is 10.6. The van der Waals surface area contributed by atoms with Crippen LogP contribution in [0.5, 0.6) is 0 Å². The molecule has 106 valence electrons. The molecule has 2 rings (SSSR count). The van der Waals surface area contributed by atoms with Gasteiger partial charge in [0.2, 0.25) is 0 Å². The van der Waals surface area contributed by atoms with Crippen LogP contribution in [0.2, 0.25) is 0 Å². The average molecular weight is 277 g/mol. The second-order valence-corrected chi connectivity index (χ2v) is 4.18. The molecular formula is C12H15N5O3. The van der Waals surface area contributed by atoms with Crippen LogP contribution in [0, 0.1) is 0 Å². The molecule has 2 aromatic rings. The molecule has 8 heteroatoms. The molecule has 0 aliphatic carbocycles. The van der Waals surface area contributed by atoms with Crippen molar-refractivity contribution in [1.29, 1.82) is 0 Å². The number of aryl methyl sites for hydroxylation is 1. The molecule has 0 spiro atoms. The van der Waals surface area contributed by atoms with Gasteiger partial charge < -0.3 is 9.64 Å². The van der Waals surface area contributed by atoms with E-state index in [1.807, 2.05) is 6.92 Å². The molecule has 8 nitrogen and oxygen atoms in total. The lowest BCUT2D eigenvalue weighted by Gasteiger charge is -2.17. The van der Waals surface area contributed by atoms with E-state index in [0.717, 1.165) is 0 Å². The minimum atomic E-state index is -0.478. The van der Waals surface area contributed by atoms with Gasteiger partial charge in [0.05, 0.1) is 18.4 Å². The fourth-order valence-electron chi connectivity index (χ4n) is 1.88. The van der Waals surface area contributed by atoms with E-state index in [0.29, 0.717) is 23.5 Å². The zero-order valence-electron chi connectivity index (χ0n) is 11.5. The summed E-state index contributed by atoms with van der Waals surface area (Å²) in [6.07, 6.45) is 3.43. The molecule has 0 atom stereocenters. The Morgan fingerprint density at radius 1 is 1.40 bits per heavy atom. The minimum Gasteiger partial charge on any atom is -0.468 e. The van der Waals surface area contributed by atoms with Gasteiger partial charge in [-0.2, -0.15) is 10.1 Å². The van der Waals surface area contributed by atoms with Crippen molar-refractivity contribution in [3.63, 3.8) is 0 Å². The molecule has 20 heavy (non-hydrogen) atoms. The molecule has 0 aromatic carbocycles. The third-order valence-electron chi connectivity index (χ3n) is 2.91. The van der Waals surface area contributed by atoms with E-state index in [-0.39, 0.29) is 12.5 Å². The average Bonchev–Trinajstić information content (AvgIpc) is 2.93. The Balaban J connectivity index is 2.36. The van der Waals surface area contributed by atoms with Crippen LogP contribution in [0.1, 0.15) is 23.0 Å². The van der Waals surface area contributed by atoms with Gasteiger partial charge in [-0.3, -0.25) is 9.59 Å². The van der Waals surface area contributed by atoms with Crippen LogP contribution < -0.4 is 0 Å². The van der Waals surface area contributed by atoms with Crippen LogP contribution in [-0.2, 0) is 16.0 Å². The summed E-state index contributed by atoms with van der Waals surface area (Å²) in [5.41, 5.74) is 1.10. The zero-order valence-corrected chi connectivity index (χ0v) is 11.5. The Hall–Kier alpha value is -2.51. The Bertz CT molecular complexity index is 652. The highest BCUT2D eigenvalue weighted by molar-refractivity contribution is 5.96. The maximum Gasteiger partial charge on any atom is 0.325 e. The number of esters is 1. The first-order valence-corrected chi connectivity index (χ1v) is 6.08. The first-order chi connectivity index (χ1) is 9.58. The molecule has 0 bridgehead atoms. The first kappa shape index (κ1) is 13.9. The highest BCUT2D eigenvalue weighted by Crippen LogP contribution is 2.12. The molecule has 0 aliphatic heterocycles. The maximum absolute atomic E-state index is 12.4. The molecular weight excluding hydrogens is 262 g/mol. The lowest BCUT2D eigenvalue weighted by molar-refractivity contribution is -0.141. The van der Waals surface area contributed by atoms with Crippen molar-refractivity contribution in [3.05, 3.63) is 23.8 Å². The van der Waals surface area contributed by atoms with Crippen LogP contribution in [0.15, 0.2) is 12.5 Å². The van der Waals surface area contributed by atoms with Gasteiger partial charge in [0, 0.05) is 13.2 Å². The Morgan fingerprint density at radius 3 is 2.80 bits per heavy atom. The summed E-state index contributed by atoms with van der Waals surface area (Å²) in [6.45, 7) is 1.79. The van der Waals surface area contributed by atoms with Crippen molar-refractivity contribution in [1.82, 2.24) is 24.5 Å². The second kappa shape index (κ2) is 5.64. The number of carbonyl (C=O) groups is 2. The number of hydrogen-bond donors (Lipinski definition) is 0. The number of amides is 1. The van der Waals surface area contributed by atoms with Crippen molar-refractivity contribution in [2.24, 2.45) is 0 Å². The van der Waals surface area contributed by atoms with E-state index in [1.165, 1.54) is 36.1 Å². The summed E-state index contributed by atoms with van der Waals surface area (Å²) in [4.78, 5) is 32.9. The predicted molar refractivity (Wildman–Crippen MR) is 69.1 cm³/mol. The van der Waals surface area contributed by atoms with E-state index in [1.54, 1.807) is 0 Å². The first-order valence-electron chi connectivity index (χ1n) is 6.08. The SMILES string of the molecule is CCc1c(C(=O)N(C)CC(=O)OC)cnc2ncnn12. The third-order valence-corrected chi connectivity index (χ3v) is 2.91. The topological polar surface area (TPSA) is 89.7 Å². The number of nitrogens with zero attached hydrogens (tertiary/aromatic N) is 5. The number of rotatable bonds is 4. The summed E-state index contributed by atoms with van der Waals surface area (Å²) in [5.74, 6) is -0.347. The molecule has 0 unspecified atom stereocenters. The molecule has 1 amide bonds. The van der Waals surface area contributed by atoms with Crippen molar-refractivity contribution in [2.45, 2.75) is 13.3 Å². The van der Waals surface area contributed by atoms with Gasteiger partial charge in [-0.1, -0.05) is 6.92 Å². The number of methoxy groups -OCH3 is 1. The van der Waals surface area contributed by atoms with Gasteiger partial charge in [-0.15, -0.1) is 0 Å². The van der Waals surface area contributed by atoms with E-state index >= 15 is 0 Å². The fourth-order valence-corrected chi connectivity index (χ4v) is 1.88. The lowest BCUT2D eigenvalue weighted by atomic mass is 10.1. The monoisotopic (exact) mass is 277 g/mol. The smallest absolute Gasteiger partial charge is 0.325 e. The van der Waals surface area contributed by atoms with E-state index < -0.39 is 5.97 Å². The standard InChI is InChI=1S/C12H15N5O3/c1-4-9-8(5-13-12-14-7-15-17(9)12)11(19)16(2)6-10(18)20-3/h5,7H,4,6H2,1-3H3. The van der Waals surface area contributed by atoms with E-state index in [2.05, 4.69) is 19.8 Å². The van der Waals surface area contributed by atoms with Gasteiger partial charge in [-0.05, 0) is 6.42 Å². The predicted octanol–water partition coefficient (Wildman–Crippen LogP) is -0.0683. The van der Waals surface area contributed by atoms with Crippen LogP contribution in [0.25, 0.3) is 5.78 Å². The van der Waals surface area contributed by atoms with Gasteiger partial charge in [0.25, 0.3) is 11.7 Å². The number of fused-ring (bicyclic) bond motifs is 1. The van der Waals surface area contributed by atoms with Crippen LogP contribution in [0.3, 0.4) is 0 Å². The molecule has 0 saturated carbocycles. The van der Waals surface area contributed by atoms with Gasteiger partial charge >= 0.3 is 5.97 Å². The summed E-state index contributed by atoms with van der Waals surface area (Å²) in [6, 6.07) is 0. The van der Waals surface area contributed by atoms with Crippen molar-refractivity contribution < 1.29 is 14.3 Å². The zero-order chi connectivity index (χ0) is 14.7. The molecule has 2 heterocycles. The Kier molecular flexibility index (Phi) is 3.92. The Labute approximate surface area is 115 Å². The van der Waals surface area contributed by atoms with Crippen LogP contribution in [0.4, 0.5) is 0 Å². The van der Waals surface area contributed by atoms with Crippen LogP contribution in [-0.4, -0.2) is 57.1 Å². The number of aromatic nitrogens is 4. The maximum atomic E-state index is 12.4. The van der Waals surface area contributed by atoms with Crippen molar-refractivity contribution in [3.8, 4) is 0 Å². The molecule has 2 aromatic heterocycles. The number of hydrogen-bond acceptors (Lipinski definition) is 6. The fraction of sp³-hybridized carbons (Fsp3) is 0.417. The van der Waals surface area contributed by atoms with Crippen molar-refractivity contribution in [2.75, 3.05) is 20.7 Å². The number of carbonyl (C=O) groups excluding carboxylic acids is 2. The lowest BCUT2D eigenvalue weighted by Crippen LogP contribution is -2.33. The largest absolute Gasteiger partial charge is 0.468 e. The van der Waals surface area contributed by atoms with Gasteiger partial charge in [0.15, 0.2) is 0 Å². The summed E-state index contributed by atoms with van der Waals surface area (Å²) < 4.78 is 6.07. The summed E-state index contributed by atoms with van der Waals surface area (Å²) in [7, 11) is 2.81. The highest BCUT2D eigenvalue weighted by Gasteiger charge is 2.20. The van der Waals surface area contributed by atoms with Gasteiger partial charge in [-0.25, -0.2) is 9.50 Å². The molecule has 0 N–H and O–H groups in total. The molecule has 0 radical (unpaired) electrons. The summed E-state index contributed by atoms with van der Waals surface area (Å²) in [5, 5.41) is 4.05. The number of ether oxygens (including phenoxy) is 1. The van der Waals surface area contributed by atoms with E-state index in [4.69, 9.17) is 0 Å². The quantitative estimate of drug-likeness (QED) is 0.727. The summed E-state index contributed by atoms with van der Waals surface area (Å²) >= 11 is 0. The Morgan fingerprint density at radius 2 is 2.15 bits per heavy atom. The minimum absolute atomic E-state index is 0.117. The molecule has 0 aliphatic rings. The number of likely N-dealkylation sites (N-methyl/N-ethyl adjacent to an activating group) is 1. The van der Waals surface area contributed by atoms with Crippen LogP contribution >= 0.6 is 0 Å². The van der Waals surface area contributed by atoms with Crippen molar-refractivity contribution >= 4 is 17.7 Å². The second-order valence-electron chi connectivity index (χ2n) is 4.18.